The molecule has 2 fully saturated rings. The van der Waals surface area contributed by atoms with Crippen molar-refractivity contribution in [2.75, 3.05) is 20.1 Å². The molecule has 2 aromatic rings. The van der Waals surface area contributed by atoms with Gasteiger partial charge >= 0.3 is 12.3 Å². The summed E-state index contributed by atoms with van der Waals surface area (Å²) in [5.41, 5.74) is 0.505. The number of carbonyl (C=O) groups is 2. The van der Waals surface area contributed by atoms with Gasteiger partial charge in [-0.1, -0.05) is 24.3 Å². The van der Waals surface area contributed by atoms with E-state index in [1.54, 1.807) is 24.1 Å². The minimum Gasteiger partial charge on any atom is -0.504 e. The van der Waals surface area contributed by atoms with Gasteiger partial charge in [0.05, 0.1) is 17.5 Å². The highest BCUT2D eigenvalue weighted by molar-refractivity contribution is 5.92. The molecule has 0 aromatic heterocycles. The molecule has 1 saturated heterocycles. The predicted octanol–water partition coefficient (Wildman–Crippen LogP) is 4.74. The van der Waals surface area contributed by atoms with Crippen LogP contribution in [-0.4, -0.2) is 77.1 Å². The van der Waals surface area contributed by atoms with Gasteiger partial charge in [-0.3, -0.25) is 14.5 Å². The van der Waals surface area contributed by atoms with Gasteiger partial charge in [0.1, 0.15) is 17.5 Å². The van der Waals surface area contributed by atoms with Crippen LogP contribution in [0.1, 0.15) is 42.9 Å². The summed E-state index contributed by atoms with van der Waals surface area (Å²) in [6, 6.07) is 8.31. The van der Waals surface area contributed by atoms with Crippen molar-refractivity contribution in [2.45, 2.75) is 68.2 Å². The van der Waals surface area contributed by atoms with Gasteiger partial charge in [-0.2, -0.15) is 0 Å². The molecule has 6 rings (SSSR count). The second-order valence-corrected chi connectivity index (χ2v) is 11.7. The quantitative estimate of drug-likeness (QED) is 0.280. The Morgan fingerprint density at radius 1 is 1.26 bits per heavy atom. The molecule has 43 heavy (non-hydrogen) atoms. The van der Waals surface area contributed by atoms with Crippen molar-refractivity contribution in [3.8, 4) is 17.2 Å². The maximum absolute atomic E-state index is 13.5. The highest BCUT2D eigenvalue weighted by Crippen LogP contribution is 2.67. The van der Waals surface area contributed by atoms with Crippen LogP contribution in [0.25, 0.3) is 6.08 Å². The van der Waals surface area contributed by atoms with Gasteiger partial charge in [0.2, 0.25) is 5.91 Å². The van der Waals surface area contributed by atoms with Crippen molar-refractivity contribution in [3.63, 3.8) is 0 Å². The third kappa shape index (κ3) is 4.56. The molecule has 8 nitrogen and oxygen atoms in total. The van der Waals surface area contributed by atoms with Crippen LogP contribution in [0.5, 0.6) is 17.2 Å². The second-order valence-electron chi connectivity index (χ2n) is 11.7. The fourth-order valence-corrected chi connectivity index (χ4v) is 8.08. The number of benzene rings is 2. The standard InChI is InChI=1S/C32H33F3N2O6/c1-4-15-37-16-14-30-27-21-9-10-24(39)28(27)41-29(30)23(12-13-31(30,25(37)18-21)42-19(2)38)36(3)26(40)11-8-20-6-5-7-22(17-20)43-32(33,34)35/h4-11,17,23,25,29,39H,1,12-16,18H2,2-3H3/b11-8+/t23?,25-,29?,30+,31-/m1/s1. The van der Waals surface area contributed by atoms with Crippen molar-refractivity contribution in [2.24, 2.45) is 0 Å². The lowest BCUT2D eigenvalue weighted by molar-refractivity contribution is -0.274. The minimum atomic E-state index is -4.83. The van der Waals surface area contributed by atoms with Crippen LogP contribution >= 0.6 is 0 Å². The number of phenols is 1. The number of esters is 1. The van der Waals surface area contributed by atoms with Crippen molar-refractivity contribution in [3.05, 3.63) is 71.8 Å². The topological polar surface area (TPSA) is 88.5 Å². The molecule has 2 heterocycles. The molecule has 2 aliphatic heterocycles. The zero-order valence-electron chi connectivity index (χ0n) is 23.9. The molecule has 5 atom stereocenters. The van der Waals surface area contributed by atoms with Crippen molar-refractivity contribution < 1.29 is 42.1 Å². The molecule has 2 aliphatic carbocycles. The van der Waals surface area contributed by atoms with Gasteiger partial charge in [0.15, 0.2) is 11.5 Å². The van der Waals surface area contributed by atoms with Gasteiger partial charge in [-0.05, 0) is 61.1 Å². The summed E-state index contributed by atoms with van der Waals surface area (Å²) < 4.78 is 55.0. The van der Waals surface area contributed by atoms with E-state index in [9.17, 15) is 27.9 Å². The Hall–Kier alpha value is -3.99. The summed E-state index contributed by atoms with van der Waals surface area (Å²) in [4.78, 5) is 30.1. The first kappa shape index (κ1) is 29.1. The average Bonchev–Trinajstić information content (AvgIpc) is 3.29. The first-order chi connectivity index (χ1) is 20.4. The van der Waals surface area contributed by atoms with E-state index in [1.807, 2.05) is 12.1 Å². The normalized spacial score (nSPS) is 29.0. The fourth-order valence-electron chi connectivity index (χ4n) is 8.08. The van der Waals surface area contributed by atoms with Crippen LogP contribution in [0.4, 0.5) is 13.2 Å². The maximum atomic E-state index is 13.5. The number of amides is 1. The van der Waals surface area contributed by atoms with Gasteiger partial charge < -0.3 is 24.2 Å². The van der Waals surface area contributed by atoms with E-state index in [0.717, 1.165) is 11.1 Å². The van der Waals surface area contributed by atoms with E-state index in [1.165, 1.54) is 37.3 Å². The number of hydrogen-bond donors (Lipinski definition) is 1. The monoisotopic (exact) mass is 598 g/mol. The van der Waals surface area contributed by atoms with Crippen LogP contribution in [0, 0.1) is 0 Å². The average molecular weight is 599 g/mol. The van der Waals surface area contributed by atoms with E-state index < -0.39 is 35.5 Å². The zero-order valence-corrected chi connectivity index (χ0v) is 23.9. The molecule has 2 bridgehead atoms. The Labute approximate surface area is 247 Å². The number of aromatic hydroxyl groups is 1. The maximum Gasteiger partial charge on any atom is 0.573 e. The van der Waals surface area contributed by atoms with E-state index >= 15 is 0 Å². The molecule has 11 heteroatoms. The number of ether oxygens (including phenoxy) is 3. The lowest BCUT2D eigenvalue weighted by atomic mass is 9.48. The minimum absolute atomic E-state index is 0.000181. The van der Waals surface area contributed by atoms with E-state index in [0.29, 0.717) is 50.1 Å². The van der Waals surface area contributed by atoms with E-state index in [4.69, 9.17) is 9.47 Å². The largest absolute Gasteiger partial charge is 0.573 e. The van der Waals surface area contributed by atoms with E-state index in [-0.39, 0.29) is 23.4 Å². The summed E-state index contributed by atoms with van der Waals surface area (Å²) in [5.74, 6) is -0.780. The second kappa shape index (κ2) is 10.3. The van der Waals surface area contributed by atoms with Gasteiger partial charge in [-0.15, -0.1) is 19.8 Å². The fraction of sp³-hybridized carbons (Fsp3) is 0.438. The first-order valence-corrected chi connectivity index (χ1v) is 14.3. The Bertz CT molecular complexity index is 1510. The lowest BCUT2D eigenvalue weighted by Gasteiger charge is -2.65. The number of piperidine rings is 1. The SMILES string of the molecule is C=CCN1CC[C@]23c4c5ccc(O)c4OC2C(N(C)C(=O)/C=C/c2cccc(OC(F)(F)F)c2)CC[C@@]3(OC(C)=O)[C@H]1C5. The van der Waals surface area contributed by atoms with Crippen molar-refractivity contribution in [1.82, 2.24) is 9.80 Å². The summed E-state index contributed by atoms with van der Waals surface area (Å²) in [6.07, 6.45) is 1.28. The smallest absolute Gasteiger partial charge is 0.504 e. The summed E-state index contributed by atoms with van der Waals surface area (Å²) in [5, 5.41) is 10.9. The summed E-state index contributed by atoms with van der Waals surface area (Å²) in [7, 11) is 1.66. The molecule has 2 aromatic carbocycles. The van der Waals surface area contributed by atoms with E-state index in [2.05, 4.69) is 16.2 Å². The van der Waals surface area contributed by atoms with Crippen LogP contribution in [0.3, 0.4) is 0 Å². The summed E-state index contributed by atoms with van der Waals surface area (Å²) in [6.45, 7) is 6.65. The molecular formula is C32H33F3N2O6. The van der Waals surface area contributed by atoms with Gasteiger partial charge in [0, 0.05) is 38.7 Å². The predicted molar refractivity (Wildman–Crippen MR) is 151 cm³/mol. The molecular weight excluding hydrogens is 565 g/mol. The van der Waals surface area contributed by atoms with Crippen LogP contribution in [0.15, 0.2) is 55.1 Å². The number of carbonyl (C=O) groups excluding carboxylic acids is 2. The number of rotatable bonds is 7. The number of nitrogens with zero attached hydrogens (tertiary/aromatic N) is 2. The van der Waals surface area contributed by atoms with Crippen LogP contribution in [0.2, 0.25) is 0 Å². The highest BCUT2D eigenvalue weighted by atomic mass is 19.4. The van der Waals surface area contributed by atoms with Gasteiger partial charge in [0.25, 0.3) is 0 Å². The number of phenolic OH excluding ortho intramolecular Hbond substituents is 1. The third-order valence-electron chi connectivity index (χ3n) is 9.55. The van der Waals surface area contributed by atoms with Crippen LogP contribution < -0.4 is 9.47 Å². The molecule has 1 saturated carbocycles. The highest BCUT2D eigenvalue weighted by Gasteiger charge is 2.75. The molecule has 2 unspecified atom stereocenters. The van der Waals surface area contributed by atoms with Crippen molar-refractivity contribution in [1.29, 1.82) is 0 Å². The van der Waals surface area contributed by atoms with Gasteiger partial charge in [-0.25, -0.2) is 0 Å². The molecule has 228 valence electrons. The molecule has 1 N–H and O–H groups in total. The molecule has 1 amide bonds. The molecule has 1 spiro atoms. The third-order valence-corrected chi connectivity index (χ3v) is 9.55. The first-order valence-electron chi connectivity index (χ1n) is 14.3. The Kier molecular flexibility index (Phi) is 6.99. The number of likely N-dealkylation sites (N-methyl/N-ethyl adjacent to an activating group) is 1. The Morgan fingerprint density at radius 3 is 2.77 bits per heavy atom. The number of hydrogen-bond acceptors (Lipinski definition) is 7. The van der Waals surface area contributed by atoms with Crippen LogP contribution in [-0.2, 0) is 26.2 Å². The number of alkyl halides is 3. The zero-order chi connectivity index (χ0) is 30.7. The van der Waals surface area contributed by atoms with Crippen molar-refractivity contribution >= 4 is 18.0 Å². The Balaban J connectivity index is 1.36. The summed E-state index contributed by atoms with van der Waals surface area (Å²) >= 11 is 0. The molecule has 0 radical (unpaired) electrons. The lowest BCUT2D eigenvalue weighted by Crippen LogP contribution is -2.79. The number of likely N-dealkylation sites (tertiary alicyclic amines) is 1. The number of halogens is 3. The Morgan fingerprint density at radius 2 is 2.05 bits per heavy atom. The molecule has 4 aliphatic rings.